The number of hydrogen-bond acceptors (Lipinski definition) is 4. The van der Waals surface area contributed by atoms with Crippen LogP contribution in [0.4, 0.5) is 18.9 Å². The third kappa shape index (κ3) is 4.13. The van der Waals surface area contributed by atoms with Gasteiger partial charge in [0.05, 0.1) is 10.5 Å². The zero-order chi connectivity index (χ0) is 17.4. The molecule has 1 atom stereocenters. The van der Waals surface area contributed by atoms with E-state index in [0.29, 0.717) is 19.0 Å². The molecule has 0 bridgehead atoms. The average Bonchev–Trinajstić information content (AvgIpc) is 2.86. The molecule has 1 fully saturated rings. The zero-order valence-corrected chi connectivity index (χ0v) is 13.2. The number of rotatable bonds is 3. The number of nitrogens with zero attached hydrogens (tertiary/aromatic N) is 2. The number of halogens is 3. The van der Waals surface area contributed by atoms with E-state index in [4.69, 9.17) is 4.74 Å². The monoisotopic (exact) mass is 332 g/mol. The summed E-state index contributed by atoms with van der Waals surface area (Å²) in [6.45, 7) is 7.52. The van der Waals surface area contributed by atoms with E-state index in [2.05, 4.69) is 25.7 Å². The highest BCUT2D eigenvalue weighted by molar-refractivity contribution is 5.49. The van der Waals surface area contributed by atoms with Crippen molar-refractivity contribution in [2.45, 2.75) is 45.0 Å². The van der Waals surface area contributed by atoms with E-state index in [0.717, 1.165) is 18.7 Å². The maximum absolute atomic E-state index is 12.7. The van der Waals surface area contributed by atoms with Crippen LogP contribution in [0.3, 0.4) is 0 Å². The van der Waals surface area contributed by atoms with Crippen molar-refractivity contribution in [2.24, 2.45) is 0 Å². The zero-order valence-electron chi connectivity index (χ0n) is 13.2. The van der Waals surface area contributed by atoms with Crippen LogP contribution < -0.4 is 4.74 Å². The van der Waals surface area contributed by atoms with Gasteiger partial charge in [0.25, 0.3) is 0 Å². The van der Waals surface area contributed by atoms with Crippen LogP contribution >= 0.6 is 0 Å². The molecule has 8 heteroatoms. The summed E-state index contributed by atoms with van der Waals surface area (Å²) in [5.74, 6) is -0.122. The van der Waals surface area contributed by atoms with E-state index >= 15 is 0 Å². The lowest BCUT2D eigenvalue weighted by Crippen LogP contribution is -2.40. The second-order valence-electron chi connectivity index (χ2n) is 6.58. The number of ether oxygens (including phenoxy) is 1. The lowest BCUT2D eigenvalue weighted by atomic mass is 10.1. The van der Waals surface area contributed by atoms with E-state index in [1.165, 1.54) is 0 Å². The SMILES string of the molecule is CC(C)(C)N1CC[C@H](Oc2ccc(C(F)(F)F)cc2[N+](=O)[O-])C1. The molecular formula is C15H19F3N2O3. The summed E-state index contributed by atoms with van der Waals surface area (Å²) in [6.07, 6.45) is -4.22. The van der Waals surface area contributed by atoms with E-state index in [9.17, 15) is 23.3 Å². The summed E-state index contributed by atoms with van der Waals surface area (Å²) in [5.41, 5.74) is -1.77. The minimum absolute atomic E-state index is 0.0514. The van der Waals surface area contributed by atoms with Crippen LogP contribution in [0.15, 0.2) is 18.2 Å². The largest absolute Gasteiger partial charge is 0.482 e. The van der Waals surface area contributed by atoms with Gasteiger partial charge in [-0.05, 0) is 39.3 Å². The van der Waals surface area contributed by atoms with E-state index < -0.39 is 22.4 Å². The highest BCUT2D eigenvalue weighted by Crippen LogP contribution is 2.37. The predicted molar refractivity (Wildman–Crippen MR) is 78.5 cm³/mol. The van der Waals surface area contributed by atoms with Gasteiger partial charge < -0.3 is 4.74 Å². The molecule has 1 aromatic rings. The molecule has 0 aliphatic carbocycles. The maximum Gasteiger partial charge on any atom is 0.416 e. The first-order valence-corrected chi connectivity index (χ1v) is 7.26. The molecule has 23 heavy (non-hydrogen) atoms. The van der Waals surface area contributed by atoms with Crippen LogP contribution in [-0.4, -0.2) is 34.6 Å². The van der Waals surface area contributed by atoms with Gasteiger partial charge in [0.15, 0.2) is 5.75 Å². The van der Waals surface area contributed by atoms with Crippen molar-refractivity contribution < 1.29 is 22.8 Å². The molecule has 1 heterocycles. The van der Waals surface area contributed by atoms with E-state index in [1.54, 1.807) is 0 Å². The Bertz CT molecular complexity index is 597. The fraction of sp³-hybridized carbons (Fsp3) is 0.600. The van der Waals surface area contributed by atoms with E-state index in [1.807, 2.05) is 0 Å². The molecule has 0 aromatic heterocycles. The van der Waals surface area contributed by atoms with Gasteiger partial charge in [0.1, 0.15) is 6.10 Å². The van der Waals surface area contributed by atoms with Crippen LogP contribution in [0.1, 0.15) is 32.8 Å². The van der Waals surface area contributed by atoms with Crippen molar-refractivity contribution >= 4 is 5.69 Å². The Morgan fingerprint density at radius 1 is 1.30 bits per heavy atom. The molecule has 0 unspecified atom stereocenters. The second kappa shape index (κ2) is 5.99. The first-order valence-electron chi connectivity index (χ1n) is 7.26. The van der Waals surface area contributed by atoms with E-state index in [-0.39, 0.29) is 17.4 Å². The Hall–Kier alpha value is -1.83. The fourth-order valence-corrected chi connectivity index (χ4v) is 2.55. The number of likely N-dealkylation sites (tertiary alicyclic amines) is 1. The molecule has 0 radical (unpaired) electrons. The second-order valence-corrected chi connectivity index (χ2v) is 6.58. The Labute approximate surface area is 132 Å². The van der Waals surface area contributed by atoms with Gasteiger partial charge in [-0.15, -0.1) is 0 Å². The van der Waals surface area contributed by atoms with Gasteiger partial charge in [-0.1, -0.05) is 0 Å². The lowest BCUT2D eigenvalue weighted by Gasteiger charge is -2.31. The van der Waals surface area contributed by atoms with Crippen molar-refractivity contribution in [3.8, 4) is 5.75 Å². The van der Waals surface area contributed by atoms with Crippen LogP contribution in [0.2, 0.25) is 0 Å². The molecular weight excluding hydrogens is 313 g/mol. The smallest absolute Gasteiger partial charge is 0.416 e. The minimum Gasteiger partial charge on any atom is -0.482 e. The number of nitro groups is 1. The van der Waals surface area contributed by atoms with Crippen molar-refractivity contribution in [3.63, 3.8) is 0 Å². The average molecular weight is 332 g/mol. The topological polar surface area (TPSA) is 55.6 Å². The Morgan fingerprint density at radius 2 is 1.96 bits per heavy atom. The maximum atomic E-state index is 12.7. The van der Waals surface area contributed by atoms with Crippen LogP contribution in [0, 0.1) is 10.1 Å². The Kier molecular flexibility index (Phi) is 4.57. The highest BCUT2D eigenvalue weighted by atomic mass is 19.4. The first kappa shape index (κ1) is 17.5. The molecule has 1 saturated heterocycles. The highest BCUT2D eigenvalue weighted by Gasteiger charge is 2.35. The molecule has 1 aliphatic heterocycles. The number of nitro benzene ring substituents is 1. The van der Waals surface area contributed by atoms with Crippen LogP contribution in [0.5, 0.6) is 5.75 Å². The first-order chi connectivity index (χ1) is 10.5. The third-order valence-electron chi connectivity index (χ3n) is 3.87. The fourth-order valence-electron chi connectivity index (χ4n) is 2.55. The summed E-state index contributed by atoms with van der Waals surface area (Å²) >= 11 is 0. The molecule has 1 aromatic carbocycles. The third-order valence-corrected chi connectivity index (χ3v) is 3.87. The van der Waals surface area contributed by atoms with Crippen LogP contribution in [-0.2, 0) is 6.18 Å². The molecule has 1 aliphatic rings. The minimum atomic E-state index is -4.63. The summed E-state index contributed by atoms with van der Waals surface area (Å²) in [7, 11) is 0. The lowest BCUT2D eigenvalue weighted by molar-refractivity contribution is -0.386. The normalized spacial score (nSPS) is 19.8. The van der Waals surface area contributed by atoms with Gasteiger partial charge in [-0.2, -0.15) is 13.2 Å². The summed E-state index contributed by atoms with van der Waals surface area (Å²) in [5, 5.41) is 11.0. The molecule has 0 amide bonds. The van der Waals surface area contributed by atoms with Gasteiger partial charge in [0, 0.05) is 24.7 Å². The molecule has 0 saturated carbocycles. The Morgan fingerprint density at radius 3 is 2.43 bits per heavy atom. The van der Waals surface area contributed by atoms with Gasteiger partial charge in [-0.3, -0.25) is 15.0 Å². The van der Waals surface area contributed by atoms with Gasteiger partial charge in [0.2, 0.25) is 0 Å². The quantitative estimate of drug-likeness (QED) is 0.623. The standard InChI is InChI=1S/C15H19F3N2O3/c1-14(2,3)19-7-6-11(9-19)23-13-5-4-10(15(16,17)18)8-12(13)20(21)22/h4-5,8,11H,6-7,9H2,1-3H3/t11-/m0/s1. The molecule has 0 spiro atoms. The molecule has 128 valence electrons. The molecule has 5 nitrogen and oxygen atoms in total. The van der Waals surface area contributed by atoms with Gasteiger partial charge in [-0.25, -0.2) is 0 Å². The Balaban J connectivity index is 2.19. The predicted octanol–water partition coefficient (Wildman–Crippen LogP) is 3.87. The number of hydrogen-bond donors (Lipinski definition) is 0. The van der Waals surface area contributed by atoms with Crippen molar-refractivity contribution in [3.05, 3.63) is 33.9 Å². The summed E-state index contributed by atoms with van der Waals surface area (Å²) in [6, 6.07) is 2.35. The molecule has 2 rings (SSSR count). The van der Waals surface area contributed by atoms with Crippen molar-refractivity contribution in [2.75, 3.05) is 13.1 Å². The molecule has 0 N–H and O–H groups in total. The van der Waals surface area contributed by atoms with Crippen molar-refractivity contribution in [1.29, 1.82) is 0 Å². The van der Waals surface area contributed by atoms with Crippen LogP contribution in [0.25, 0.3) is 0 Å². The van der Waals surface area contributed by atoms with Gasteiger partial charge >= 0.3 is 11.9 Å². The summed E-state index contributed by atoms with van der Waals surface area (Å²) in [4.78, 5) is 12.4. The van der Waals surface area contributed by atoms with Crippen molar-refractivity contribution in [1.82, 2.24) is 4.90 Å². The summed E-state index contributed by atoms with van der Waals surface area (Å²) < 4.78 is 43.7. The number of benzene rings is 1. The number of alkyl halides is 3.